The van der Waals surface area contributed by atoms with Crippen molar-refractivity contribution in [1.29, 1.82) is 0 Å². The zero-order valence-corrected chi connectivity index (χ0v) is 13.7. The topological polar surface area (TPSA) is 61.7 Å². The monoisotopic (exact) mass is 375 g/mol. The number of nitrogens with zero attached hydrogens (tertiary/aromatic N) is 4. The molecule has 2 aromatic heterocycles. The van der Waals surface area contributed by atoms with E-state index in [1.165, 1.54) is 28.9 Å². The Labute approximate surface area is 144 Å². The number of anilines is 1. The number of nitrogens with two attached hydrogens (primary N) is 1. The molecule has 0 aliphatic heterocycles. The number of aromatic nitrogens is 4. The van der Waals surface area contributed by atoms with Gasteiger partial charge < -0.3 is 5.73 Å². The van der Waals surface area contributed by atoms with Crippen LogP contribution in [-0.2, 0) is 13.2 Å². The van der Waals surface area contributed by atoms with E-state index in [0.29, 0.717) is 0 Å². The van der Waals surface area contributed by atoms with Crippen molar-refractivity contribution in [3.8, 4) is 16.9 Å². The van der Waals surface area contributed by atoms with E-state index in [1.54, 1.807) is 13.2 Å². The minimum atomic E-state index is -4.70. The minimum absolute atomic E-state index is 0.118. The molecule has 0 radical (unpaired) electrons. The highest BCUT2D eigenvalue weighted by atomic mass is 35.5. The van der Waals surface area contributed by atoms with Gasteiger partial charge in [0.25, 0.3) is 0 Å². The van der Waals surface area contributed by atoms with E-state index >= 15 is 0 Å². The highest BCUT2D eigenvalue weighted by molar-refractivity contribution is 6.42. The van der Waals surface area contributed by atoms with Crippen molar-refractivity contribution >= 4 is 29.0 Å². The predicted molar refractivity (Wildman–Crippen MR) is 85.2 cm³/mol. The third-order valence-electron chi connectivity index (χ3n) is 3.31. The lowest BCUT2D eigenvalue weighted by molar-refractivity contribution is -0.140. The van der Waals surface area contributed by atoms with Crippen LogP contribution in [0.2, 0.25) is 10.0 Å². The van der Waals surface area contributed by atoms with Gasteiger partial charge in [-0.3, -0.25) is 4.68 Å². The Hall–Kier alpha value is -2.19. The number of nitrogen functional groups attached to an aromatic ring is 1. The normalized spacial score (nSPS) is 11.9. The number of benzene rings is 1. The van der Waals surface area contributed by atoms with Crippen LogP contribution in [0.5, 0.6) is 0 Å². The first-order chi connectivity index (χ1) is 11.2. The van der Waals surface area contributed by atoms with Crippen molar-refractivity contribution in [3.05, 3.63) is 46.2 Å². The number of hydrogen-bond donors (Lipinski definition) is 1. The molecule has 3 aromatic rings. The summed E-state index contributed by atoms with van der Waals surface area (Å²) in [4.78, 5) is 0. The van der Waals surface area contributed by atoms with Crippen molar-refractivity contribution in [2.75, 3.05) is 5.73 Å². The highest BCUT2D eigenvalue weighted by Gasteiger charge is 2.39. The summed E-state index contributed by atoms with van der Waals surface area (Å²) in [5.74, 6) is -0.0220. The third-order valence-corrected chi connectivity index (χ3v) is 4.05. The number of rotatable bonds is 2. The van der Waals surface area contributed by atoms with Gasteiger partial charge in [-0.25, -0.2) is 0 Å². The smallest absolute Gasteiger partial charge is 0.383 e. The second-order valence-electron chi connectivity index (χ2n) is 4.99. The molecular formula is C14H10Cl2F3N5. The zero-order valence-electron chi connectivity index (χ0n) is 12.1. The molecular weight excluding hydrogens is 366 g/mol. The predicted octanol–water partition coefficient (Wildman–Crippen LogP) is 4.18. The lowest BCUT2D eigenvalue weighted by atomic mass is 10.1. The first kappa shape index (κ1) is 16.7. The van der Waals surface area contributed by atoms with E-state index in [4.69, 9.17) is 28.9 Å². The quantitative estimate of drug-likeness (QED) is 0.730. The Bertz CT molecular complexity index is 914. The molecule has 3 rings (SSSR count). The second kappa shape index (κ2) is 5.71. The van der Waals surface area contributed by atoms with Crippen molar-refractivity contribution in [3.63, 3.8) is 0 Å². The first-order valence-electron chi connectivity index (χ1n) is 6.59. The molecule has 1 aromatic carbocycles. The van der Waals surface area contributed by atoms with Crippen molar-refractivity contribution < 1.29 is 13.2 Å². The molecule has 2 N–H and O–H groups in total. The molecule has 126 valence electrons. The summed E-state index contributed by atoms with van der Waals surface area (Å²) in [6.07, 6.45) is -3.13. The minimum Gasteiger partial charge on any atom is -0.383 e. The van der Waals surface area contributed by atoms with E-state index < -0.39 is 11.9 Å². The molecule has 0 fully saturated rings. The van der Waals surface area contributed by atoms with Gasteiger partial charge in [0.1, 0.15) is 5.82 Å². The molecule has 0 amide bonds. The van der Waals surface area contributed by atoms with Crippen LogP contribution in [0.3, 0.4) is 0 Å². The molecule has 0 aliphatic rings. The molecule has 0 bridgehead atoms. The van der Waals surface area contributed by atoms with Gasteiger partial charge in [0.05, 0.1) is 15.6 Å². The maximum atomic E-state index is 13.4. The maximum absolute atomic E-state index is 13.4. The van der Waals surface area contributed by atoms with Crippen LogP contribution in [0.1, 0.15) is 5.69 Å². The fourth-order valence-electron chi connectivity index (χ4n) is 2.26. The number of hydrogen-bond acceptors (Lipinski definition) is 3. The van der Waals surface area contributed by atoms with Gasteiger partial charge in [0.2, 0.25) is 0 Å². The van der Waals surface area contributed by atoms with Gasteiger partial charge in [-0.05, 0) is 17.7 Å². The Morgan fingerprint density at radius 3 is 2.33 bits per heavy atom. The fourth-order valence-corrected chi connectivity index (χ4v) is 2.55. The maximum Gasteiger partial charge on any atom is 0.435 e. The summed E-state index contributed by atoms with van der Waals surface area (Å²) in [5.41, 5.74) is 4.71. The summed E-state index contributed by atoms with van der Waals surface area (Å²) in [6, 6.07) is 5.62. The lowest BCUT2D eigenvalue weighted by Crippen LogP contribution is -2.09. The van der Waals surface area contributed by atoms with Gasteiger partial charge >= 0.3 is 6.18 Å². The molecule has 24 heavy (non-hydrogen) atoms. The molecule has 0 aliphatic carbocycles. The van der Waals surface area contributed by atoms with Crippen molar-refractivity contribution in [2.24, 2.45) is 7.05 Å². The zero-order chi connectivity index (χ0) is 17.6. The van der Waals surface area contributed by atoms with E-state index in [9.17, 15) is 13.2 Å². The van der Waals surface area contributed by atoms with E-state index in [1.807, 2.05) is 0 Å². The Morgan fingerprint density at radius 1 is 1.08 bits per heavy atom. The third kappa shape index (κ3) is 2.83. The van der Waals surface area contributed by atoms with Crippen LogP contribution >= 0.6 is 23.2 Å². The molecule has 10 heteroatoms. The molecule has 0 saturated heterocycles. The molecule has 2 heterocycles. The molecule has 5 nitrogen and oxygen atoms in total. The van der Waals surface area contributed by atoms with Crippen LogP contribution in [-0.4, -0.2) is 19.6 Å². The van der Waals surface area contributed by atoms with Crippen molar-refractivity contribution in [2.45, 2.75) is 6.18 Å². The van der Waals surface area contributed by atoms with Crippen molar-refractivity contribution in [1.82, 2.24) is 19.6 Å². The van der Waals surface area contributed by atoms with E-state index in [-0.39, 0.29) is 32.8 Å². The average Bonchev–Trinajstić information content (AvgIpc) is 3.05. The Kier molecular flexibility index (Phi) is 3.97. The van der Waals surface area contributed by atoms with Gasteiger partial charge in [0, 0.05) is 19.3 Å². The van der Waals surface area contributed by atoms with E-state index in [0.717, 1.165) is 4.68 Å². The molecule has 0 spiro atoms. The van der Waals surface area contributed by atoms with Gasteiger partial charge in [-0.15, -0.1) is 0 Å². The largest absolute Gasteiger partial charge is 0.435 e. The average molecular weight is 376 g/mol. The number of aryl methyl sites for hydroxylation is 1. The summed E-state index contributed by atoms with van der Waals surface area (Å²) in [5, 5.41) is 7.98. The second-order valence-corrected chi connectivity index (χ2v) is 5.81. The number of alkyl halides is 3. The van der Waals surface area contributed by atoms with Gasteiger partial charge in [-0.1, -0.05) is 29.3 Å². The highest BCUT2D eigenvalue weighted by Crippen LogP contribution is 2.41. The number of halogens is 5. The SMILES string of the molecule is Cn1ccc(-n2nc(C(F)(F)F)c(-c3ccc(Cl)c(Cl)c3)c2N)n1. The summed E-state index contributed by atoms with van der Waals surface area (Å²) in [7, 11) is 1.63. The van der Waals surface area contributed by atoms with Gasteiger partial charge in [-0.2, -0.15) is 28.1 Å². The molecule has 0 saturated carbocycles. The first-order valence-corrected chi connectivity index (χ1v) is 7.35. The Balaban J connectivity index is 2.27. The fraction of sp³-hybridized carbons (Fsp3) is 0.143. The lowest BCUT2D eigenvalue weighted by Gasteiger charge is -2.08. The molecule has 0 unspecified atom stereocenters. The summed E-state index contributed by atoms with van der Waals surface area (Å²) < 4.78 is 42.6. The van der Waals surface area contributed by atoms with Gasteiger partial charge in [0.15, 0.2) is 11.5 Å². The van der Waals surface area contributed by atoms with Crippen LogP contribution in [0, 0.1) is 0 Å². The van der Waals surface area contributed by atoms with Crippen LogP contribution in [0.25, 0.3) is 16.9 Å². The summed E-state index contributed by atoms with van der Waals surface area (Å²) in [6.45, 7) is 0. The Morgan fingerprint density at radius 2 is 1.79 bits per heavy atom. The summed E-state index contributed by atoms with van der Waals surface area (Å²) >= 11 is 11.7. The standard InChI is InChI=1S/C14H10Cl2F3N5/c1-23-5-4-10(21-23)24-13(20)11(12(22-24)14(17,18)19)7-2-3-8(15)9(16)6-7/h2-6H,20H2,1H3. The van der Waals surface area contributed by atoms with Crippen LogP contribution in [0.4, 0.5) is 19.0 Å². The molecule has 0 atom stereocenters. The van der Waals surface area contributed by atoms with E-state index in [2.05, 4.69) is 10.2 Å². The van der Waals surface area contributed by atoms with Crippen LogP contribution < -0.4 is 5.73 Å². The van der Waals surface area contributed by atoms with Crippen LogP contribution in [0.15, 0.2) is 30.5 Å².